The molecule has 0 heterocycles. The van der Waals surface area contributed by atoms with Gasteiger partial charge in [-0.1, -0.05) is 0 Å². The molecule has 0 saturated heterocycles. The molecule has 4 heteroatoms. The molecule has 0 radical (unpaired) electrons. The third-order valence-corrected chi connectivity index (χ3v) is 0. The Hall–Kier alpha value is 1.82. The standard InChI is InChI=1S/Fe.Li.2H2S.H/h;;2*1H2;/q;+1;;;-1. The van der Waals surface area contributed by atoms with Crippen LogP contribution < -0.4 is 18.9 Å². The molecular weight excluding hydrogens is 127 g/mol. The van der Waals surface area contributed by atoms with E-state index in [9.17, 15) is 0 Å². The summed E-state index contributed by atoms with van der Waals surface area (Å²) in [5, 5.41) is 0. The van der Waals surface area contributed by atoms with Crippen molar-refractivity contribution in [3.63, 3.8) is 0 Å². The van der Waals surface area contributed by atoms with Crippen molar-refractivity contribution in [3.8, 4) is 0 Å². The van der Waals surface area contributed by atoms with Gasteiger partial charge in [0.2, 0.25) is 0 Å². The zero-order valence-electron chi connectivity index (χ0n) is 3.35. The van der Waals surface area contributed by atoms with Crippen LogP contribution >= 0.6 is 27.0 Å². The SMILES string of the molecule is S.S.[Fe].[H-].[Li+]. The Morgan fingerprint density at radius 3 is 1.00 bits per heavy atom. The Kier molecular flexibility index (Phi) is 217. The van der Waals surface area contributed by atoms with Gasteiger partial charge in [-0.15, -0.1) is 0 Å². The molecule has 26 valence electrons. The summed E-state index contributed by atoms with van der Waals surface area (Å²) < 4.78 is 0. The fourth-order valence-corrected chi connectivity index (χ4v) is 0. The molecule has 0 fully saturated rings. The fourth-order valence-electron chi connectivity index (χ4n) is 0. The van der Waals surface area contributed by atoms with E-state index >= 15 is 0 Å². The largest absolute Gasteiger partial charge is 1.00 e. The van der Waals surface area contributed by atoms with Crippen LogP contribution in [-0.2, 0) is 17.1 Å². The van der Waals surface area contributed by atoms with Crippen LogP contribution in [0.3, 0.4) is 0 Å². The molecule has 0 aromatic heterocycles. The maximum atomic E-state index is 0. The smallest absolute Gasteiger partial charge is 1.00 e. The summed E-state index contributed by atoms with van der Waals surface area (Å²) in [5.41, 5.74) is 0. The van der Waals surface area contributed by atoms with Crippen molar-refractivity contribution < 1.29 is 37.4 Å². The summed E-state index contributed by atoms with van der Waals surface area (Å²) in [6.07, 6.45) is 0. The molecular formula is H5FeLiS2. The van der Waals surface area contributed by atoms with Gasteiger partial charge in [0.25, 0.3) is 0 Å². The van der Waals surface area contributed by atoms with Gasteiger partial charge in [0.05, 0.1) is 0 Å². The molecule has 0 aromatic carbocycles. The minimum Gasteiger partial charge on any atom is -1.00 e. The maximum Gasteiger partial charge on any atom is 1.00 e. The van der Waals surface area contributed by atoms with E-state index in [1.165, 1.54) is 0 Å². The average molecular weight is 132 g/mol. The Morgan fingerprint density at radius 2 is 1.00 bits per heavy atom. The minimum atomic E-state index is 0. The van der Waals surface area contributed by atoms with Crippen LogP contribution in [0.4, 0.5) is 0 Å². The van der Waals surface area contributed by atoms with E-state index in [1.807, 2.05) is 0 Å². The number of rotatable bonds is 0. The van der Waals surface area contributed by atoms with Crippen molar-refractivity contribution in [2.75, 3.05) is 0 Å². The van der Waals surface area contributed by atoms with Crippen LogP contribution in [0.15, 0.2) is 0 Å². The first-order chi connectivity index (χ1) is 0. The summed E-state index contributed by atoms with van der Waals surface area (Å²) >= 11 is 0. The van der Waals surface area contributed by atoms with Crippen LogP contribution in [0, 0.1) is 0 Å². The Bertz CT molecular complexity index is 9.61. The molecule has 0 spiro atoms. The third kappa shape index (κ3) is 9.17. The summed E-state index contributed by atoms with van der Waals surface area (Å²) in [6, 6.07) is 0. The molecule has 0 rings (SSSR count). The number of hydrogen-bond acceptors (Lipinski definition) is 0. The molecule has 0 nitrogen and oxygen atoms in total. The summed E-state index contributed by atoms with van der Waals surface area (Å²) in [7, 11) is 0. The van der Waals surface area contributed by atoms with Gasteiger partial charge in [0, 0.05) is 17.1 Å². The Morgan fingerprint density at radius 1 is 1.00 bits per heavy atom. The molecule has 0 amide bonds. The summed E-state index contributed by atoms with van der Waals surface area (Å²) in [6.45, 7) is 0. The van der Waals surface area contributed by atoms with Crippen molar-refractivity contribution in [1.82, 2.24) is 0 Å². The predicted molar refractivity (Wildman–Crippen MR) is 21.9 cm³/mol. The quantitative estimate of drug-likeness (QED) is 0.315. The molecule has 0 atom stereocenters. The third-order valence-electron chi connectivity index (χ3n) is 0. The van der Waals surface area contributed by atoms with Gasteiger partial charge in [-0.2, -0.15) is 27.0 Å². The zero-order chi connectivity index (χ0) is 0. The predicted octanol–water partition coefficient (Wildman–Crippen LogP) is -2.66. The van der Waals surface area contributed by atoms with Crippen molar-refractivity contribution in [2.45, 2.75) is 0 Å². The topological polar surface area (TPSA) is 0 Å². The van der Waals surface area contributed by atoms with Gasteiger partial charge in [-0.25, -0.2) is 0 Å². The van der Waals surface area contributed by atoms with Gasteiger partial charge in [-0.05, 0) is 0 Å². The summed E-state index contributed by atoms with van der Waals surface area (Å²) in [4.78, 5) is 0. The molecule has 0 N–H and O–H groups in total. The molecule has 0 aromatic rings. The first kappa shape index (κ1) is 40.9. The monoisotopic (exact) mass is 132 g/mol. The van der Waals surface area contributed by atoms with Gasteiger partial charge in [-0.3, -0.25) is 0 Å². The van der Waals surface area contributed by atoms with Crippen molar-refractivity contribution in [1.29, 1.82) is 0 Å². The van der Waals surface area contributed by atoms with E-state index in [2.05, 4.69) is 0 Å². The number of hydrogen-bond donors (Lipinski definition) is 0. The van der Waals surface area contributed by atoms with Crippen molar-refractivity contribution in [2.24, 2.45) is 0 Å². The van der Waals surface area contributed by atoms with Crippen LogP contribution in [0.25, 0.3) is 0 Å². The van der Waals surface area contributed by atoms with Crippen molar-refractivity contribution >= 4 is 27.0 Å². The fraction of sp³-hybridized carbons (Fsp3) is 0. The van der Waals surface area contributed by atoms with E-state index in [0.29, 0.717) is 0 Å². The Labute approximate surface area is 64.1 Å². The maximum absolute atomic E-state index is 0. The normalized spacial score (nSPS) is 0. The van der Waals surface area contributed by atoms with Gasteiger partial charge < -0.3 is 1.43 Å². The molecule has 0 saturated carbocycles. The molecule has 0 unspecified atom stereocenters. The second-order valence-corrected chi connectivity index (χ2v) is 0. The van der Waals surface area contributed by atoms with E-state index in [-0.39, 0.29) is 64.3 Å². The summed E-state index contributed by atoms with van der Waals surface area (Å²) in [5.74, 6) is 0. The van der Waals surface area contributed by atoms with E-state index in [0.717, 1.165) is 0 Å². The average Bonchev–Trinajstić information content (AvgIpc) is 0. The molecule has 0 aliphatic carbocycles. The van der Waals surface area contributed by atoms with E-state index in [1.54, 1.807) is 0 Å². The Balaban J connectivity index is 0. The van der Waals surface area contributed by atoms with Crippen LogP contribution in [0.1, 0.15) is 1.43 Å². The van der Waals surface area contributed by atoms with Gasteiger partial charge in [0.1, 0.15) is 0 Å². The first-order valence-corrected chi connectivity index (χ1v) is 0. The first-order valence-electron chi connectivity index (χ1n) is 0. The molecule has 0 aliphatic rings. The van der Waals surface area contributed by atoms with Crippen LogP contribution in [0.2, 0.25) is 0 Å². The second kappa shape index (κ2) is 21.3. The van der Waals surface area contributed by atoms with E-state index in [4.69, 9.17) is 0 Å². The molecule has 4 heavy (non-hydrogen) atoms. The van der Waals surface area contributed by atoms with Gasteiger partial charge >= 0.3 is 18.9 Å². The molecule has 0 bridgehead atoms. The van der Waals surface area contributed by atoms with E-state index < -0.39 is 0 Å². The van der Waals surface area contributed by atoms with Crippen LogP contribution in [-0.4, -0.2) is 0 Å². The van der Waals surface area contributed by atoms with Crippen LogP contribution in [0.5, 0.6) is 0 Å². The zero-order valence-corrected chi connectivity index (χ0v) is 5.46. The minimum absolute atomic E-state index is 0. The molecule has 0 aliphatic heterocycles. The van der Waals surface area contributed by atoms with Crippen molar-refractivity contribution in [3.05, 3.63) is 0 Å². The van der Waals surface area contributed by atoms with Gasteiger partial charge in [0.15, 0.2) is 0 Å². The second-order valence-electron chi connectivity index (χ2n) is 0.